The van der Waals surface area contributed by atoms with E-state index < -0.39 is 23.0 Å². The van der Waals surface area contributed by atoms with Gasteiger partial charge in [-0.15, -0.1) is 0 Å². The van der Waals surface area contributed by atoms with Crippen LogP contribution in [0, 0.1) is 11.3 Å². The van der Waals surface area contributed by atoms with Gasteiger partial charge in [-0.2, -0.15) is 18.4 Å². The van der Waals surface area contributed by atoms with Crippen molar-refractivity contribution in [1.82, 2.24) is 19.9 Å². The SMILES string of the molecule is CC(C)(C)c1ncc(C#N)c(N)n1.CC(C)(C)c1ncc(C(F)(F)F)c(N)n1. The quantitative estimate of drug-likeness (QED) is 0.697. The van der Waals surface area contributed by atoms with Crippen LogP contribution in [0.2, 0.25) is 0 Å². The molecule has 0 spiro atoms. The summed E-state index contributed by atoms with van der Waals surface area (Å²) in [4.78, 5) is 15.5. The van der Waals surface area contributed by atoms with Gasteiger partial charge in [-0.05, 0) is 0 Å². The van der Waals surface area contributed by atoms with Crippen molar-refractivity contribution in [1.29, 1.82) is 5.26 Å². The Morgan fingerprint density at radius 2 is 1.25 bits per heavy atom. The first kappa shape index (κ1) is 23.1. The molecule has 0 saturated carbocycles. The third-order valence-electron chi connectivity index (χ3n) is 3.40. The average molecular weight is 395 g/mol. The molecule has 0 aliphatic rings. The van der Waals surface area contributed by atoms with Crippen LogP contribution >= 0.6 is 0 Å². The molecule has 0 fully saturated rings. The molecule has 0 bridgehead atoms. The molecule has 4 N–H and O–H groups in total. The van der Waals surface area contributed by atoms with E-state index in [1.54, 1.807) is 20.8 Å². The van der Waals surface area contributed by atoms with Gasteiger partial charge in [-0.1, -0.05) is 41.5 Å². The Morgan fingerprint density at radius 1 is 0.821 bits per heavy atom. The van der Waals surface area contributed by atoms with Crippen molar-refractivity contribution in [2.75, 3.05) is 11.5 Å². The molecule has 152 valence electrons. The van der Waals surface area contributed by atoms with Gasteiger partial charge in [0.1, 0.15) is 40.5 Å². The van der Waals surface area contributed by atoms with Crippen LogP contribution < -0.4 is 11.5 Å². The summed E-state index contributed by atoms with van der Waals surface area (Å²) in [6.07, 6.45) is -2.31. The molecule has 0 aliphatic heterocycles. The summed E-state index contributed by atoms with van der Waals surface area (Å²) in [5.41, 5.74) is 9.57. The normalized spacial score (nSPS) is 12.0. The highest BCUT2D eigenvalue weighted by molar-refractivity contribution is 5.46. The molecule has 2 heterocycles. The second kappa shape index (κ2) is 7.96. The van der Waals surface area contributed by atoms with E-state index in [1.165, 1.54) is 6.20 Å². The van der Waals surface area contributed by atoms with Crippen molar-refractivity contribution in [2.24, 2.45) is 0 Å². The van der Waals surface area contributed by atoms with Crippen LogP contribution in [-0.4, -0.2) is 19.9 Å². The number of nitrogen functional groups attached to an aromatic ring is 2. The summed E-state index contributed by atoms with van der Waals surface area (Å²) < 4.78 is 37.0. The van der Waals surface area contributed by atoms with Crippen molar-refractivity contribution >= 4 is 11.6 Å². The zero-order valence-electron chi connectivity index (χ0n) is 16.7. The first-order chi connectivity index (χ1) is 12.6. The van der Waals surface area contributed by atoms with Crippen molar-refractivity contribution in [3.8, 4) is 6.07 Å². The predicted molar refractivity (Wildman–Crippen MR) is 100 cm³/mol. The molecule has 0 atom stereocenters. The van der Waals surface area contributed by atoms with Gasteiger partial charge in [0.15, 0.2) is 0 Å². The van der Waals surface area contributed by atoms with E-state index in [-0.39, 0.29) is 11.2 Å². The Kier molecular flexibility index (Phi) is 6.56. The van der Waals surface area contributed by atoms with Gasteiger partial charge in [0, 0.05) is 17.0 Å². The molecular weight excluding hydrogens is 371 g/mol. The lowest BCUT2D eigenvalue weighted by Gasteiger charge is -2.18. The van der Waals surface area contributed by atoms with Crippen molar-refractivity contribution < 1.29 is 13.2 Å². The molecule has 0 saturated heterocycles. The van der Waals surface area contributed by atoms with Gasteiger partial charge in [0.25, 0.3) is 0 Å². The van der Waals surface area contributed by atoms with Gasteiger partial charge in [-0.25, -0.2) is 19.9 Å². The topological polar surface area (TPSA) is 127 Å². The molecule has 28 heavy (non-hydrogen) atoms. The van der Waals surface area contributed by atoms with Gasteiger partial charge >= 0.3 is 6.18 Å². The fraction of sp³-hybridized carbons (Fsp3) is 0.500. The maximum absolute atomic E-state index is 12.3. The third-order valence-corrected chi connectivity index (χ3v) is 3.40. The van der Waals surface area contributed by atoms with Gasteiger partial charge < -0.3 is 11.5 Å². The van der Waals surface area contributed by atoms with E-state index >= 15 is 0 Å². The minimum absolute atomic E-state index is 0.137. The highest BCUT2D eigenvalue weighted by Crippen LogP contribution is 2.32. The highest BCUT2D eigenvalue weighted by atomic mass is 19.4. The molecule has 0 aromatic carbocycles. The van der Waals surface area contributed by atoms with E-state index in [9.17, 15) is 13.2 Å². The maximum atomic E-state index is 12.3. The minimum Gasteiger partial charge on any atom is -0.383 e. The number of halogens is 3. The predicted octanol–water partition coefficient (Wildman–Crippen LogP) is 3.60. The molecule has 10 heteroatoms. The average Bonchev–Trinajstić information content (AvgIpc) is 2.52. The number of anilines is 2. The standard InChI is InChI=1S/C9H12F3N3.C9H12N4/c1-8(2,3)7-14-4-5(6(13)15-7)9(10,11)12;1-9(2,3)8-12-5-6(4-10)7(11)13-8/h4H,1-3H3,(H2,13,14,15);5H,1-3H3,(H2,11,12,13). The molecule has 0 amide bonds. The summed E-state index contributed by atoms with van der Waals surface area (Å²) in [5.74, 6) is 0.682. The Bertz CT molecular complexity index is 873. The number of aromatic nitrogens is 4. The highest BCUT2D eigenvalue weighted by Gasteiger charge is 2.35. The minimum atomic E-state index is -4.50. The van der Waals surface area contributed by atoms with Crippen molar-refractivity contribution in [3.63, 3.8) is 0 Å². The summed E-state index contributed by atoms with van der Waals surface area (Å²) >= 11 is 0. The van der Waals surface area contributed by atoms with E-state index in [1.807, 2.05) is 26.8 Å². The number of nitrogens with two attached hydrogens (primary N) is 2. The maximum Gasteiger partial charge on any atom is 0.421 e. The van der Waals surface area contributed by atoms with Crippen LogP contribution in [0.1, 0.15) is 64.3 Å². The zero-order valence-corrected chi connectivity index (χ0v) is 16.7. The summed E-state index contributed by atoms with van der Waals surface area (Å²) in [5, 5.41) is 8.60. The summed E-state index contributed by atoms with van der Waals surface area (Å²) in [6.45, 7) is 11.4. The fourth-order valence-electron chi connectivity index (χ4n) is 1.82. The van der Waals surface area contributed by atoms with Gasteiger partial charge in [0.2, 0.25) is 0 Å². The van der Waals surface area contributed by atoms with E-state index in [0.29, 0.717) is 17.2 Å². The zero-order chi connectivity index (χ0) is 21.9. The van der Waals surface area contributed by atoms with Crippen molar-refractivity contribution in [3.05, 3.63) is 35.2 Å². The molecule has 2 aromatic rings. The fourth-order valence-corrected chi connectivity index (χ4v) is 1.82. The number of hydrogen-bond acceptors (Lipinski definition) is 7. The molecule has 0 unspecified atom stereocenters. The van der Waals surface area contributed by atoms with Crippen LogP contribution in [0.3, 0.4) is 0 Å². The monoisotopic (exact) mass is 395 g/mol. The molecule has 0 aliphatic carbocycles. The molecule has 2 rings (SSSR count). The largest absolute Gasteiger partial charge is 0.421 e. The third kappa shape index (κ3) is 6.04. The number of nitriles is 1. The van der Waals surface area contributed by atoms with Crippen LogP contribution in [0.4, 0.5) is 24.8 Å². The lowest BCUT2D eigenvalue weighted by Crippen LogP contribution is -2.19. The Morgan fingerprint density at radius 3 is 1.57 bits per heavy atom. The first-order valence-electron chi connectivity index (χ1n) is 8.30. The van der Waals surface area contributed by atoms with Crippen molar-refractivity contribution in [2.45, 2.75) is 58.5 Å². The smallest absolute Gasteiger partial charge is 0.383 e. The molecule has 0 radical (unpaired) electrons. The first-order valence-corrected chi connectivity index (χ1v) is 8.30. The van der Waals surface area contributed by atoms with Crippen LogP contribution in [0.25, 0.3) is 0 Å². The number of rotatable bonds is 0. The van der Waals surface area contributed by atoms with E-state index in [4.69, 9.17) is 16.7 Å². The molecular formula is C18H24F3N7. The molecule has 2 aromatic heterocycles. The van der Waals surface area contributed by atoms with Gasteiger partial charge in [0.05, 0.1) is 6.20 Å². The second-order valence-corrected chi connectivity index (χ2v) is 8.09. The Balaban J connectivity index is 0.000000283. The summed E-state index contributed by atoms with van der Waals surface area (Å²) in [6, 6.07) is 1.92. The Hall–Kier alpha value is -2.96. The lowest BCUT2D eigenvalue weighted by atomic mass is 9.95. The second-order valence-electron chi connectivity index (χ2n) is 8.09. The van der Waals surface area contributed by atoms with Crippen LogP contribution in [0.5, 0.6) is 0 Å². The van der Waals surface area contributed by atoms with Crippen LogP contribution in [0.15, 0.2) is 12.4 Å². The number of nitrogens with zero attached hydrogens (tertiary/aromatic N) is 5. The van der Waals surface area contributed by atoms with E-state index in [0.717, 1.165) is 6.20 Å². The summed E-state index contributed by atoms with van der Waals surface area (Å²) in [7, 11) is 0. The molecule has 7 nitrogen and oxygen atoms in total. The number of hydrogen-bond donors (Lipinski definition) is 2. The lowest BCUT2D eigenvalue weighted by molar-refractivity contribution is -0.137. The number of alkyl halides is 3. The Labute approximate surface area is 162 Å². The van der Waals surface area contributed by atoms with Crippen LogP contribution in [-0.2, 0) is 17.0 Å². The van der Waals surface area contributed by atoms with E-state index in [2.05, 4.69) is 19.9 Å². The van der Waals surface area contributed by atoms with Gasteiger partial charge in [-0.3, -0.25) is 0 Å².